The van der Waals surface area contributed by atoms with E-state index in [-0.39, 0.29) is 0 Å². The van der Waals surface area contributed by atoms with Gasteiger partial charge in [0.15, 0.2) is 0 Å². The quantitative estimate of drug-likeness (QED) is 0.128. The van der Waals surface area contributed by atoms with Crippen LogP contribution in [0.15, 0.2) is 547 Å². The standard InChI is InChI=1S/C52H32O.2C46H28O/c1-2-14-35(15-3-1)49-39-18-7-6-13-33(39)29-30-45(49)51-43-21-10-8-19-41(43)50(42-20-9-11-22-44(42)51)36-27-25-34(26-28-36)40-23-12-24-47-52(40)46-31-37-16-4-5-17-38(37)32-48(46)53-47;1-2-12-30-25-35(24-23-29(30)11-1)45-39-19-7-5-17-37(39)44(38-18-6-8-20-40(38)45)34-16-9-15-33(26-34)36-21-10-22-42-46(36)41-27-31-13-3-4-14-32(31)28-43(41)47-42;1-2-11-32-26-35(25-20-29(32)10-1)45-39-16-7-5-14-37(39)44(38-15-6-8-17-40(38)45)31-23-21-30(22-24-31)36-18-9-19-42-46(36)41-27-33-12-3-4-13-34(33)28-43(41)47-42/h1-32H;2*1-28H. The number of rotatable bonds is 10. The maximum Gasteiger partial charge on any atom is 0.136 e. The summed E-state index contributed by atoms with van der Waals surface area (Å²) >= 11 is 0. The summed E-state index contributed by atoms with van der Waals surface area (Å²) in [6, 6.07) is 194. The van der Waals surface area contributed by atoms with Crippen LogP contribution >= 0.6 is 0 Å². The van der Waals surface area contributed by atoms with Gasteiger partial charge in [0.2, 0.25) is 0 Å². The Morgan fingerprint density at radius 2 is 0.327 bits per heavy atom. The third kappa shape index (κ3) is 14.3. The number of benzene rings is 28. The van der Waals surface area contributed by atoms with E-state index in [0.29, 0.717) is 0 Å². The predicted octanol–water partition coefficient (Wildman–Crippen LogP) is 41.3. The minimum atomic E-state index is 0.910. The van der Waals surface area contributed by atoms with Crippen LogP contribution in [0.1, 0.15) is 0 Å². The smallest absolute Gasteiger partial charge is 0.136 e. The Kier molecular flexibility index (Phi) is 20.0. The Bertz CT molecular complexity index is 10700. The van der Waals surface area contributed by atoms with Crippen molar-refractivity contribution in [1.29, 1.82) is 0 Å². The molecule has 0 aliphatic rings. The summed E-state index contributed by atoms with van der Waals surface area (Å²) in [4.78, 5) is 0. The summed E-state index contributed by atoms with van der Waals surface area (Å²) in [5.74, 6) is 0. The lowest BCUT2D eigenvalue weighted by Crippen LogP contribution is -1.93. The molecule has 0 spiro atoms. The van der Waals surface area contributed by atoms with Crippen molar-refractivity contribution >= 4 is 195 Å². The summed E-state index contributed by atoms with van der Waals surface area (Å²) < 4.78 is 19.2. The molecule has 3 aromatic heterocycles. The molecule has 0 aliphatic heterocycles. The van der Waals surface area contributed by atoms with Gasteiger partial charge in [-0.25, -0.2) is 0 Å². The topological polar surface area (TPSA) is 39.4 Å². The molecule has 31 rings (SSSR count). The van der Waals surface area contributed by atoms with E-state index in [1.165, 1.54) is 241 Å². The van der Waals surface area contributed by atoms with E-state index in [9.17, 15) is 0 Å². The molecule has 3 heterocycles. The molecule has 28 aromatic carbocycles. The van der Waals surface area contributed by atoms with Gasteiger partial charge in [0.05, 0.1) is 0 Å². The Morgan fingerprint density at radius 1 is 0.0952 bits per heavy atom. The first-order valence-electron chi connectivity index (χ1n) is 50.6. The first kappa shape index (κ1) is 84.5. The van der Waals surface area contributed by atoms with Crippen molar-refractivity contribution < 1.29 is 13.3 Å². The van der Waals surface area contributed by atoms with Gasteiger partial charge in [-0.2, -0.15) is 0 Å². The Hall–Kier alpha value is -19.3. The lowest BCUT2D eigenvalue weighted by molar-refractivity contribution is 0.669. The van der Waals surface area contributed by atoms with E-state index in [1.54, 1.807) is 0 Å². The number of hydrogen-bond donors (Lipinski definition) is 0. The molecule has 0 fully saturated rings. The van der Waals surface area contributed by atoms with Gasteiger partial charge < -0.3 is 13.3 Å². The van der Waals surface area contributed by atoms with E-state index in [2.05, 4.69) is 534 Å². The normalized spacial score (nSPS) is 11.8. The Morgan fingerprint density at radius 3 is 0.680 bits per heavy atom. The van der Waals surface area contributed by atoms with E-state index in [4.69, 9.17) is 13.3 Å². The molecule has 0 radical (unpaired) electrons. The van der Waals surface area contributed by atoms with Gasteiger partial charge in [0.1, 0.15) is 33.5 Å². The highest BCUT2D eigenvalue weighted by molar-refractivity contribution is 6.28. The van der Waals surface area contributed by atoms with E-state index in [0.717, 1.165) is 65.8 Å². The second-order valence-corrected chi connectivity index (χ2v) is 38.9. The van der Waals surface area contributed by atoms with Gasteiger partial charge >= 0.3 is 0 Å². The molecule has 0 aliphatic carbocycles. The number of fused-ring (bicyclic) bond motifs is 21. The second kappa shape index (κ2) is 34.8. The Balaban J connectivity index is 0.000000104. The molecule has 0 amide bonds. The first-order chi connectivity index (χ1) is 72.9. The molecule has 3 nitrogen and oxygen atoms in total. The van der Waals surface area contributed by atoms with E-state index >= 15 is 0 Å². The van der Waals surface area contributed by atoms with Crippen LogP contribution in [0, 0.1) is 0 Å². The van der Waals surface area contributed by atoms with Crippen molar-refractivity contribution in [3.63, 3.8) is 0 Å². The largest absolute Gasteiger partial charge is 0.456 e. The molecule has 0 bridgehead atoms. The maximum absolute atomic E-state index is 6.43. The molecule has 147 heavy (non-hydrogen) atoms. The molecular weight excluding hydrogens is 1780 g/mol. The van der Waals surface area contributed by atoms with Gasteiger partial charge in [-0.3, -0.25) is 0 Å². The molecule has 3 heteroatoms. The van der Waals surface area contributed by atoms with Crippen molar-refractivity contribution in [2.75, 3.05) is 0 Å². The third-order valence-corrected chi connectivity index (χ3v) is 30.7. The molecule has 0 N–H and O–H groups in total. The van der Waals surface area contributed by atoms with Crippen LogP contribution in [0.5, 0.6) is 0 Å². The van der Waals surface area contributed by atoms with Crippen LogP contribution in [-0.2, 0) is 0 Å². The highest BCUT2D eigenvalue weighted by Crippen LogP contribution is 2.53. The molecule has 0 atom stereocenters. The van der Waals surface area contributed by atoms with Crippen molar-refractivity contribution in [1.82, 2.24) is 0 Å². The molecule has 0 saturated heterocycles. The van der Waals surface area contributed by atoms with Crippen LogP contribution in [0.4, 0.5) is 0 Å². The third-order valence-electron chi connectivity index (χ3n) is 30.7. The fourth-order valence-corrected chi connectivity index (χ4v) is 24.0. The highest BCUT2D eigenvalue weighted by Gasteiger charge is 2.27. The van der Waals surface area contributed by atoms with Gasteiger partial charge in [-0.05, 0) is 313 Å². The van der Waals surface area contributed by atoms with Crippen LogP contribution in [0.2, 0.25) is 0 Å². The van der Waals surface area contributed by atoms with Crippen molar-refractivity contribution in [2.24, 2.45) is 0 Å². The lowest BCUT2D eigenvalue weighted by Gasteiger charge is -2.21. The summed E-state index contributed by atoms with van der Waals surface area (Å²) in [5.41, 5.74) is 30.0. The fourth-order valence-electron chi connectivity index (χ4n) is 24.0. The van der Waals surface area contributed by atoms with Crippen LogP contribution in [0.25, 0.3) is 306 Å². The lowest BCUT2D eigenvalue weighted by atomic mass is 9.82. The van der Waals surface area contributed by atoms with Gasteiger partial charge in [0.25, 0.3) is 0 Å². The summed E-state index contributed by atoms with van der Waals surface area (Å²) in [6.45, 7) is 0. The zero-order valence-corrected chi connectivity index (χ0v) is 80.0. The minimum absolute atomic E-state index is 0.910. The van der Waals surface area contributed by atoms with Crippen LogP contribution in [-0.4, -0.2) is 0 Å². The highest BCUT2D eigenvalue weighted by atomic mass is 16.3. The van der Waals surface area contributed by atoms with Crippen molar-refractivity contribution in [3.05, 3.63) is 534 Å². The van der Waals surface area contributed by atoms with Gasteiger partial charge in [-0.15, -0.1) is 0 Å². The first-order valence-corrected chi connectivity index (χ1v) is 50.6. The average molecular weight is 1870 g/mol. The molecule has 0 unspecified atom stereocenters. The zero-order valence-electron chi connectivity index (χ0n) is 80.0. The summed E-state index contributed by atoms with van der Waals surface area (Å²) in [7, 11) is 0. The molecule has 31 aromatic rings. The van der Waals surface area contributed by atoms with Gasteiger partial charge in [-0.1, -0.05) is 461 Å². The average Bonchev–Trinajstić information content (AvgIpc) is 1.47. The Labute approximate surface area is 847 Å². The molecular formula is C144H88O3. The van der Waals surface area contributed by atoms with Crippen molar-refractivity contribution in [2.45, 2.75) is 0 Å². The number of hydrogen-bond acceptors (Lipinski definition) is 3. The molecule has 0 saturated carbocycles. The minimum Gasteiger partial charge on any atom is -0.456 e. The molecule has 682 valence electrons. The van der Waals surface area contributed by atoms with Gasteiger partial charge in [0, 0.05) is 32.3 Å². The van der Waals surface area contributed by atoms with Crippen LogP contribution < -0.4 is 0 Å². The van der Waals surface area contributed by atoms with E-state index < -0.39 is 0 Å². The SMILES string of the molecule is c1cc(-c2c3ccccc3c(-c3ccc4ccccc4c3)c3ccccc23)cc(-c2cccc3oc4cc5ccccc5cc4c23)c1.c1ccc(-c2c(-c3c4ccccc4c(-c4ccc(-c5cccc6oc7cc8ccccc8cc7c56)cc4)c4ccccc34)ccc3ccccc23)cc1.c1ccc2cc(-c3c4ccccc4c(-c4ccc(-c5cccc6oc7cc8ccccc8cc7c56)cc4)c4ccccc34)ccc2c1. The summed E-state index contributed by atoms with van der Waals surface area (Å²) in [6.07, 6.45) is 0. The fraction of sp³-hybridized carbons (Fsp3) is 0. The van der Waals surface area contributed by atoms with E-state index in [1.807, 2.05) is 0 Å². The predicted molar refractivity (Wildman–Crippen MR) is 626 cm³/mol. The van der Waals surface area contributed by atoms with Crippen LogP contribution in [0.3, 0.4) is 0 Å². The monoisotopic (exact) mass is 1860 g/mol. The number of furan rings is 3. The zero-order chi connectivity index (χ0) is 96.7. The summed E-state index contributed by atoms with van der Waals surface area (Å²) in [5, 5.41) is 36.8. The second-order valence-electron chi connectivity index (χ2n) is 38.9. The maximum atomic E-state index is 6.43. The van der Waals surface area contributed by atoms with Crippen molar-refractivity contribution in [3.8, 4) is 111 Å².